The van der Waals surface area contributed by atoms with E-state index in [9.17, 15) is 14.0 Å². The third-order valence-corrected chi connectivity index (χ3v) is 4.01. The van der Waals surface area contributed by atoms with Gasteiger partial charge in [-0.15, -0.1) is 0 Å². The number of carbonyl (C=O) groups excluding carboxylic acids is 2. The van der Waals surface area contributed by atoms with Crippen molar-refractivity contribution in [1.82, 2.24) is 10.2 Å². The second-order valence-corrected chi connectivity index (χ2v) is 6.60. The van der Waals surface area contributed by atoms with Crippen LogP contribution in [0.2, 0.25) is 5.02 Å². The van der Waals surface area contributed by atoms with Crippen molar-refractivity contribution < 1.29 is 14.0 Å². The average molecular weight is 378 g/mol. The molecule has 138 valence electrons. The molecule has 0 radical (unpaired) electrons. The number of halogens is 2. The lowest BCUT2D eigenvalue weighted by atomic mass is 10.1. The van der Waals surface area contributed by atoms with Crippen LogP contribution in [0.1, 0.15) is 26.3 Å². The first-order chi connectivity index (χ1) is 12.3. The van der Waals surface area contributed by atoms with Crippen molar-refractivity contribution in [2.75, 3.05) is 32.5 Å². The number of nitrogens with one attached hydrogen (secondary N) is 2. The van der Waals surface area contributed by atoms with Crippen molar-refractivity contribution in [1.29, 1.82) is 0 Å². The van der Waals surface area contributed by atoms with Gasteiger partial charge in [0.25, 0.3) is 11.8 Å². The van der Waals surface area contributed by atoms with Gasteiger partial charge in [0, 0.05) is 18.8 Å². The Labute approximate surface area is 157 Å². The molecule has 5 nitrogen and oxygen atoms in total. The summed E-state index contributed by atoms with van der Waals surface area (Å²) in [6.45, 7) is 2.91. The van der Waals surface area contributed by atoms with Crippen molar-refractivity contribution in [2.45, 2.75) is 6.92 Å². The molecule has 0 unspecified atom stereocenters. The second kappa shape index (κ2) is 8.78. The van der Waals surface area contributed by atoms with Crippen molar-refractivity contribution in [3.8, 4) is 0 Å². The van der Waals surface area contributed by atoms with Crippen molar-refractivity contribution >= 4 is 29.1 Å². The molecule has 0 aliphatic heterocycles. The van der Waals surface area contributed by atoms with Gasteiger partial charge in [0.15, 0.2) is 0 Å². The van der Waals surface area contributed by atoms with E-state index in [0.29, 0.717) is 23.7 Å². The van der Waals surface area contributed by atoms with Crippen LogP contribution in [0.25, 0.3) is 0 Å². The predicted octanol–water partition coefficient (Wildman–Crippen LogP) is 3.33. The van der Waals surface area contributed by atoms with Gasteiger partial charge in [-0.05, 0) is 51.4 Å². The Hall–Kier alpha value is -2.44. The molecule has 0 fully saturated rings. The van der Waals surface area contributed by atoms with E-state index in [1.54, 1.807) is 18.2 Å². The summed E-state index contributed by atoms with van der Waals surface area (Å²) >= 11 is 6.03. The van der Waals surface area contributed by atoms with Crippen LogP contribution in [0.15, 0.2) is 36.4 Å². The molecular weight excluding hydrogens is 357 g/mol. The van der Waals surface area contributed by atoms with Crippen molar-refractivity contribution in [3.63, 3.8) is 0 Å². The highest BCUT2D eigenvalue weighted by Gasteiger charge is 2.15. The van der Waals surface area contributed by atoms with E-state index in [2.05, 4.69) is 10.6 Å². The Bertz CT molecular complexity index is 824. The minimum atomic E-state index is -0.708. The zero-order chi connectivity index (χ0) is 19.3. The van der Waals surface area contributed by atoms with Crippen LogP contribution >= 0.6 is 11.6 Å². The zero-order valence-electron chi connectivity index (χ0n) is 14.9. The van der Waals surface area contributed by atoms with Gasteiger partial charge < -0.3 is 15.5 Å². The molecule has 0 aliphatic carbocycles. The maximum Gasteiger partial charge on any atom is 0.257 e. The van der Waals surface area contributed by atoms with Crippen LogP contribution in [0, 0.1) is 12.7 Å². The summed E-state index contributed by atoms with van der Waals surface area (Å²) in [6, 6.07) is 9.01. The number of amides is 2. The van der Waals surface area contributed by atoms with E-state index in [0.717, 1.165) is 11.6 Å². The molecule has 2 amide bonds. The van der Waals surface area contributed by atoms with Gasteiger partial charge in [-0.2, -0.15) is 0 Å². The van der Waals surface area contributed by atoms with E-state index < -0.39 is 17.6 Å². The molecule has 26 heavy (non-hydrogen) atoms. The van der Waals surface area contributed by atoms with E-state index in [1.807, 2.05) is 25.9 Å². The third-order valence-electron chi connectivity index (χ3n) is 3.68. The lowest BCUT2D eigenvalue weighted by molar-refractivity contribution is 0.0946. The molecule has 2 rings (SSSR count). The summed E-state index contributed by atoms with van der Waals surface area (Å²) in [7, 11) is 3.76. The summed E-state index contributed by atoms with van der Waals surface area (Å²) in [5.74, 6) is -1.65. The number of hydrogen-bond donors (Lipinski definition) is 2. The highest BCUT2D eigenvalue weighted by molar-refractivity contribution is 6.34. The Morgan fingerprint density at radius 1 is 1.08 bits per heavy atom. The third kappa shape index (κ3) is 5.28. The van der Waals surface area contributed by atoms with Crippen LogP contribution < -0.4 is 10.6 Å². The quantitative estimate of drug-likeness (QED) is 0.811. The number of aryl methyl sites for hydroxylation is 1. The predicted molar refractivity (Wildman–Crippen MR) is 101 cm³/mol. The number of hydrogen-bond acceptors (Lipinski definition) is 3. The number of likely N-dealkylation sites (N-methyl/N-ethyl adjacent to an activating group) is 1. The first-order valence-electron chi connectivity index (χ1n) is 8.08. The average Bonchev–Trinajstić information content (AvgIpc) is 2.56. The fourth-order valence-corrected chi connectivity index (χ4v) is 2.48. The lowest BCUT2D eigenvalue weighted by Crippen LogP contribution is -2.31. The summed E-state index contributed by atoms with van der Waals surface area (Å²) in [5.41, 5.74) is 1.36. The molecule has 7 heteroatoms. The number of rotatable bonds is 6. The molecule has 2 aromatic carbocycles. The molecule has 0 saturated carbocycles. The van der Waals surface area contributed by atoms with Crippen LogP contribution in [-0.2, 0) is 0 Å². The Morgan fingerprint density at radius 2 is 1.81 bits per heavy atom. The fraction of sp³-hybridized carbons (Fsp3) is 0.263. The van der Waals surface area contributed by atoms with Crippen molar-refractivity contribution in [2.24, 2.45) is 0 Å². The lowest BCUT2D eigenvalue weighted by Gasteiger charge is -2.12. The first kappa shape index (κ1) is 19.9. The number of nitrogens with zero attached hydrogens (tertiary/aromatic N) is 1. The zero-order valence-corrected chi connectivity index (χ0v) is 15.7. The topological polar surface area (TPSA) is 61.4 Å². The molecule has 0 aliphatic rings. The van der Waals surface area contributed by atoms with Gasteiger partial charge in [-0.3, -0.25) is 9.59 Å². The largest absolute Gasteiger partial charge is 0.351 e. The van der Waals surface area contributed by atoms with Gasteiger partial charge in [-0.1, -0.05) is 23.2 Å². The number of anilines is 1. The molecule has 2 N–H and O–H groups in total. The minimum Gasteiger partial charge on any atom is -0.351 e. The van der Waals surface area contributed by atoms with Crippen LogP contribution in [-0.4, -0.2) is 43.9 Å². The molecule has 0 aromatic heterocycles. The van der Waals surface area contributed by atoms with Gasteiger partial charge >= 0.3 is 0 Å². The normalized spacial score (nSPS) is 10.7. The Morgan fingerprint density at radius 3 is 2.46 bits per heavy atom. The highest BCUT2D eigenvalue weighted by atomic mass is 35.5. The maximum absolute atomic E-state index is 14.2. The summed E-state index contributed by atoms with van der Waals surface area (Å²) < 4.78 is 14.2. The number of carbonyl (C=O) groups is 2. The van der Waals surface area contributed by atoms with E-state index in [-0.39, 0.29) is 11.3 Å². The van der Waals surface area contributed by atoms with Crippen LogP contribution in [0.5, 0.6) is 0 Å². The SMILES string of the molecule is Cc1ccc(Cl)c(C(=O)Nc2ccc(C(=O)NCCN(C)C)c(F)c2)c1. The van der Waals surface area contributed by atoms with E-state index in [4.69, 9.17) is 11.6 Å². The monoisotopic (exact) mass is 377 g/mol. The van der Waals surface area contributed by atoms with Gasteiger partial charge in [0.2, 0.25) is 0 Å². The Kier molecular flexibility index (Phi) is 6.71. The molecular formula is C19H21ClFN3O2. The van der Waals surface area contributed by atoms with Gasteiger partial charge in [-0.25, -0.2) is 4.39 Å². The van der Waals surface area contributed by atoms with Gasteiger partial charge in [0.05, 0.1) is 16.1 Å². The standard InChI is InChI=1S/C19H21ClFN3O2/c1-12-4-7-16(20)15(10-12)19(26)23-13-5-6-14(17(21)11-13)18(25)22-8-9-24(2)3/h4-7,10-11H,8-9H2,1-3H3,(H,22,25)(H,23,26). The smallest absolute Gasteiger partial charge is 0.257 e. The van der Waals surface area contributed by atoms with Gasteiger partial charge in [0.1, 0.15) is 5.82 Å². The van der Waals surface area contributed by atoms with E-state index in [1.165, 1.54) is 12.1 Å². The summed E-state index contributed by atoms with van der Waals surface area (Å²) in [5, 5.41) is 5.55. The maximum atomic E-state index is 14.2. The van der Waals surface area contributed by atoms with Crippen LogP contribution in [0.3, 0.4) is 0 Å². The molecule has 0 bridgehead atoms. The highest BCUT2D eigenvalue weighted by Crippen LogP contribution is 2.20. The second-order valence-electron chi connectivity index (χ2n) is 6.19. The number of benzene rings is 2. The molecule has 0 heterocycles. The molecule has 2 aromatic rings. The first-order valence-corrected chi connectivity index (χ1v) is 8.45. The van der Waals surface area contributed by atoms with Crippen LogP contribution in [0.4, 0.5) is 10.1 Å². The van der Waals surface area contributed by atoms with Crippen molar-refractivity contribution in [3.05, 3.63) is 63.9 Å². The molecule has 0 spiro atoms. The Balaban J connectivity index is 2.08. The fourth-order valence-electron chi connectivity index (χ4n) is 2.28. The summed E-state index contributed by atoms with van der Waals surface area (Å²) in [6.07, 6.45) is 0. The molecule has 0 saturated heterocycles. The minimum absolute atomic E-state index is 0.0738. The molecule has 0 atom stereocenters. The van der Waals surface area contributed by atoms with E-state index >= 15 is 0 Å². The summed E-state index contributed by atoms with van der Waals surface area (Å²) in [4.78, 5) is 26.2.